The topological polar surface area (TPSA) is 7.12 Å². The number of pyridine rings is 1. The Kier molecular flexibility index (Phi) is 9.60. The quantitative estimate of drug-likeness (QED) is 0.322. The second-order valence-corrected chi connectivity index (χ2v) is 8.07. The van der Waals surface area contributed by atoms with E-state index < -0.39 is 0 Å². The maximum absolute atomic E-state index is 2.48. The van der Waals surface area contributed by atoms with Gasteiger partial charge in [-0.05, 0) is 43.0 Å². The van der Waals surface area contributed by atoms with Crippen LogP contribution in [0.15, 0.2) is 48.8 Å². The summed E-state index contributed by atoms with van der Waals surface area (Å²) in [6.07, 6.45) is 17.2. The summed E-state index contributed by atoms with van der Waals surface area (Å²) < 4.78 is 2.14. The van der Waals surface area contributed by atoms with Crippen LogP contribution in [0.1, 0.15) is 63.4 Å². The first-order chi connectivity index (χ1) is 12.7. The molecule has 1 aliphatic rings. The van der Waals surface area contributed by atoms with Crippen LogP contribution in [0, 0.1) is 12.8 Å². The van der Waals surface area contributed by atoms with E-state index in [0.717, 1.165) is 12.5 Å². The number of benzene rings is 1. The number of unbranched alkanes of at least 4 members (excludes halogenated alkanes) is 2. The molecular formula is C24H35IN2. The molecule has 1 aliphatic carbocycles. The van der Waals surface area contributed by atoms with Gasteiger partial charge in [-0.15, -0.1) is 0 Å². The molecule has 0 amide bonds. The molecule has 0 spiro atoms. The number of aromatic nitrogens is 1. The fourth-order valence-corrected chi connectivity index (χ4v) is 4.29. The maximum atomic E-state index is 2.48. The number of rotatable bonds is 8. The highest BCUT2D eigenvalue weighted by atomic mass is 127. The summed E-state index contributed by atoms with van der Waals surface area (Å²) in [7, 11) is 2.10. The Bertz CT molecular complexity index is 634. The van der Waals surface area contributed by atoms with Crippen LogP contribution in [-0.4, -0.2) is 6.54 Å². The van der Waals surface area contributed by atoms with Gasteiger partial charge >= 0.3 is 0 Å². The fraction of sp³-hybridized carbons (Fsp3) is 0.542. The lowest BCUT2D eigenvalue weighted by atomic mass is 9.85. The number of nitrogens with zero attached hydrogens (tertiary/aromatic N) is 2. The van der Waals surface area contributed by atoms with Gasteiger partial charge in [-0.1, -0.05) is 63.5 Å². The number of hydrogen-bond donors (Lipinski definition) is 0. The Balaban J connectivity index is 0.00000261. The Hall–Kier alpha value is -1.10. The van der Waals surface area contributed by atoms with Crippen molar-refractivity contribution in [2.45, 2.75) is 64.7 Å². The van der Waals surface area contributed by atoms with Gasteiger partial charge in [0.15, 0.2) is 12.4 Å². The standard InChI is InChI=1S/C24H35N2.HI/c1-21-11-9-15-23(19-21)26(24-16-10-17-25(2)20-24)18-8-4-7-14-22-12-5-3-6-13-22;/h9-11,15-17,19-20,22H,3-8,12-14,18H2,1-2H3;1H/q+1;/p-1. The Morgan fingerprint density at radius 3 is 2.48 bits per heavy atom. The minimum atomic E-state index is 0. The predicted molar refractivity (Wildman–Crippen MR) is 111 cm³/mol. The molecule has 0 atom stereocenters. The van der Waals surface area contributed by atoms with Crippen LogP contribution in [0.25, 0.3) is 0 Å². The van der Waals surface area contributed by atoms with E-state index in [1.807, 2.05) is 0 Å². The second-order valence-electron chi connectivity index (χ2n) is 8.07. The number of hydrogen-bond acceptors (Lipinski definition) is 1. The van der Waals surface area contributed by atoms with E-state index in [-0.39, 0.29) is 24.0 Å². The molecule has 0 N–H and O–H groups in total. The van der Waals surface area contributed by atoms with Crippen molar-refractivity contribution in [3.8, 4) is 0 Å². The zero-order valence-electron chi connectivity index (χ0n) is 17.0. The SMILES string of the molecule is Cc1cccc(N(CCCCCC2CCCCC2)c2ccc[n+](C)c2)c1.[I-]. The first kappa shape index (κ1) is 22.2. The summed E-state index contributed by atoms with van der Waals surface area (Å²) in [6.45, 7) is 3.27. The summed E-state index contributed by atoms with van der Waals surface area (Å²) in [5.74, 6) is 1.02. The van der Waals surface area contributed by atoms with Gasteiger partial charge < -0.3 is 28.9 Å². The third kappa shape index (κ3) is 7.10. The number of aryl methyl sites for hydroxylation is 2. The van der Waals surface area contributed by atoms with Gasteiger partial charge in [0.05, 0.1) is 0 Å². The lowest BCUT2D eigenvalue weighted by Crippen LogP contribution is -3.00. The molecule has 0 unspecified atom stereocenters. The zero-order chi connectivity index (χ0) is 18.2. The van der Waals surface area contributed by atoms with Gasteiger partial charge in [-0.2, -0.15) is 0 Å². The van der Waals surface area contributed by atoms with Gasteiger partial charge in [0.1, 0.15) is 12.7 Å². The van der Waals surface area contributed by atoms with Crippen molar-refractivity contribution < 1.29 is 28.5 Å². The van der Waals surface area contributed by atoms with Gasteiger partial charge in [0, 0.05) is 18.3 Å². The minimum Gasteiger partial charge on any atom is -1.00 e. The van der Waals surface area contributed by atoms with E-state index in [1.165, 1.54) is 74.7 Å². The van der Waals surface area contributed by atoms with E-state index in [4.69, 9.17) is 0 Å². The molecule has 3 heteroatoms. The monoisotopic (exact) mass is 478 g/mol. The van der Waals surface area contributed by atoms with E-state index >= 15 is 0 Å². The van der Waals surface area contributed by atoms with Crippen molar-refractivity contribution in [3.05, 3.63) is 54.4 Å². The van der Waals surface area contributed by atoms with E-state index in [1.54, 1.807) is 0 Å². The third-order valence-corrected chi connectivity index (χ3v) is 5.77. The molecule has 27 heavy (non-hydrogen) atoms. The number of halogens is 1. The van der Waals surface area contributed by atoms with Crippen LogP contribution in [-0.2, 0) is 7.05 Å². The van der Waals surface area contributed by atoms with Crippen LogP contribution < -0.4 is 33.4 Å². The van der Waals surface area contributed by atoms with Gasteiger partial charge in [-0.3, -0.25) is 0 Å². The van der Waals surface area contributed by atoms with Crippen molar-refractivity contribution in [3.63, 3.8) is 0 Å². The molecule has 1 heterocycles. The normalized spacial score (nSPS) is 14.6. The van der Waals surface area contributed by atoms with E-state index in [2.05, 4.69) is 72.2 Å². The molecule has 0 saturated heterocycles. The highest BCUT2D eigenvalue weighted by molar-refractivity contribution is 5.62. The third-order valence-electron chi connectivity index (χ3n) is 5.77. The van der Waals surface area contributed by atoms with Crippen molar-refractivity contribution in [2.24, 2.45) is 13.0 Å². The molecule has 2 aromatic rings. The lowest BCUT2D eigenvalue weighted by Gasteiger charge is -2.25. The summed E-state index contributed by atoms with van der Waals surface area (Å²) in [4.78, 5) is 2.48. The van der Waals surface area contributed by atoms with Crippen LogP contribution in [0.2, 0.25) is 0 Å². The summed E-state index contributed by atoms with van der Waals surface area (Å²) in [5.41, 5.74) is 3.92. The molecule has 3 rings (SSSR count). The summed E-state index contributed by atoms with van der Waals surface area (Å²) in [6, 6.07) is 13.3. The lowest BCUT2D eigenvalue weighted by molar-refractivity contribution is -0.670. The predicted octanol–water partition coefficient (Wildman–Crippen LogP) is 3.10. The molecule has 1 saturated carbocycles. The average Bonchev–Trinajstić information content (AvgIpc) is 2.65. The molecule has 0 radical (unpaired) electrons. The highest BCUT2D eigenvalue weighted by Crippen LogP contribution is 2.29. The molecule has 2 nitrogen and oxygen atoms in total. The van der Waals surface area contributed by atoms with Crippen LogP contribution in [0.4, 0.5) is 11.4 Å². The second kappa shape index (κ2) is 11.7. The van der Waals surface area contributed by atoms with Crippen LogP contribution >= 0.6 is 0 Å². The van der Waals surface area contributed by atoms with Crippen LogP contribution in [0.3, 0.4) is 0 Å². The molecule has 0 aliphatic heterocycles. The van der Waals surface area contributed by atoms with Gasteiger partial charge in [0.2, 0.25) is 0 Å². The van der Waals surface area contributed by atoms with Gasteiger partial charge in [-0.25, -0.2) is 4.57 Å². The van der Waals surface area contributed by atoms with E-state index in [9.17, 15) is 0 Å². The fourth-order valence-electron chi connectivity index (χ4n) is 4.29. The maximum Gasteiger partial charge on any atom is 0.192 e. The zero-order valence-corrected chi connectivity index (χ0v) is 19.2. The Morgan fingerprint density at radius 1 is 0.963 bits per heavy atom. The van der Waals surface area contributed by atoms with Crippen molar-refractivity contribution in [1.82, 2.24) is 0 Å². The molecular weight excluding hydrogens is 443 g/mol. The van der Waals surface area contributed by atoms with Crippen molar-refractivity contribution in [1.29, 1.82) is 0 Å². The highest BCUT2D eigenvalue weighted by Gasteiger charge is 2.14. The van der Waals surface area contributed by atoms with Gasteiger partial charge in [0.25, 0.3) is 0 Å². The summed E-state index contributed by atoms with van der Waals surface area (Å²) in [5, 5.41) is 0. The van der Waals surface area contributed by atoms with E-state index in [0.29, 0.717) is 0 Å². The Morgan fingerprint density at radius 2 is 1.74 bits per heavy atom. The molecule has 1 aromatic heterocycles. The number of anilines is 2. The van der Waals surface area contributed by atoms with Crippen molar-refractivity contribution in [2.75, 3.05) is 11.4 Å². The van der Waals surface area contributed by atoms with Crippen LogP contribution in [0.5, 0.6) is 0 Å². The first-order valence-electron chi connectivity index (χ1n) is 10.5. The van der Waals surface area contributed by atoms with Crippen molar-refractivity contribution >= 4 is 11.4 Å². The Labute approximate surface area is 183 Å². The molecule has 0 bridgehead atoms. The largest absolute Gasteiger partial charge is 1.00 e. The summed E-state index contributed by atoms with van der Waals surface area (Å²) >= 11 is 0. The molecule has 148 valence electrons. The molecule has 1 fully saturated rings. The average molecular weight is 478 g/mol. The molecule has 1 aromatic carbocycles. The minimum absolute atomic E-state index is 0. The first-order valence-corrected chi connectivity index (χ1v) is 10.5. The smallest absolute Gasteiger partial charge is 0.192 e.